The van der Waals surface area contributed by atoms with Gasteiger partial charge in [0.1, 0.15) is 0 Å². The molecule has 4 heteroatoms. The maximum Gasteiger partial charge on any atom is 0.272 e. The van der Waals surface area contributed by atoms with Gasteiger partial charge < -0.3 is 5.32 Å². The SMILES string of the molecule is CC(CCNc1n[nH]c(=O)c2ccccc12)c1ccccc1. The third kappa shape index (κ3) is 3.01. The largest absolute Gasteiger partial charge is 0.368 e. The molecule has 0 aliphatic heterocycles. The number of nitrogens with zero attached hydrogens (tertiary/aromatic N) is 1. The molecule has 22 heavy (non-hydrogen) atoms. The first-order chi connectivity index (χ1) is 10.8. The Morgan fingerprint density at radius 1 is 1.05 bits per heavy atom. The van der Waals surface area contributed by atoms with Crippen molar-refractivity contribution in [3.05, 3.63) is 70.5 Å². The fourth-order valence-electron chi connectivity index (χ4n) is 2.60. The van der Waals surface area contributed by atoms with Crippen LogP contribution in [0.4, 0.5) is 5.82 Å². The molecule has 0 fully saturated rings. The van der Waals surface area contributed by atoms with E-state index in [0.717, 1.165) is 24.2 Å². The van der Waals surface area contributed by atoms with Crippen LogP contribution in [0.1, 0.15) is 24.8 Å². The number of nitrogens with one attached hydrogen (secondary N) is 2. The van der Waals surface area contributed by atoms with Crippen molar-refractivity contribution in [3.63, 3.8) is 0 Å². The summed E-state index contributed by atoms with van der Waals surface area (Å²) in [4.78, 5) is 11.8. The van der Waals surface area contributed by atoms with Gasteiger partial charge in [0, 0.05) is 11.9 Å². The summed E-state index contributed by atoms with van der Waals surface area (Å²) >= 11 is 0. The summed E-state index contributed by atoms with van der Waals surface area (Å²) in [5.41, 5.74) is 1.18. The highest BCUT2D eigenvalue weighted by molar-refractivity contribution is 5.90. The van der Waals surface area contributed by atoms with Crippen LogP contribution in [-0.2, 0) is 0 Å². The molecule has 0 amide bonds. The highest BCUT2D eigenvalue weighted by Crippen LogP contribution is 2.20. The van der Waals surface area contributed by atoms with Crippen molar-refractivity contribution in [2.75, 3.05) is 11.9 Å². The van der Waals surface area contributed by atoms with Crippen molar-refractivity contribution in [2.45, 2.75) is 19.3 Å². The van der Waals surface area contributed by atoms with Crippen LogP contribution in [0.2, 0.25) is 0 Å². The zero-order chi connectivity index (χ0) is 15.4. The Morgan fingerprint density at radius 2 is 1.73 bits per heavy atom. The fourth-order valence-corrected chi connectivity index (χ4v) is 2.60. The molecule has 112 valence electrons. The predicted octanol–water partition coefficient (Wildman–Crippen LogP) is 3.53. The molecule has 0 saturated heterocycles. The van der Waals surface area contributed by atoms with Gasteiger partial charge >= 0.3 is 0 Å². The minimum atomic E-state index is -0.154. The minimum absolute atomic E-state index is 0.154. The van der Waals surface area contributed by atoms with E-state index in [0.29, 0.717) is 11.3 Å². The second-order valence-electron chi connectivity index (χ2n) is 5.47. The molecule has 2 aromatic carbocycles. The highest BCUT2D eigenvalue weighted by atomic mass is 16.1. The highest BCUT2D eigenvalue weighted by Gasteiger charge is 2.07. The van der Waals surface area contributed by atoms with Crippen LogP contribution in [0.3, 0.4) is 0 Å². The zero-order valence-corrected chi connectivity index (χ0v) is 12.5. The molecule has 1 heterocycles. The molecule has 0 saturated carbocycles. The molecule has 1 atom stereocenters. The first-order valence-electron chi connectivity index (χ1n) is 7.52. The van der Waals surface area contributed by atoms with Crippen LogP contribution in [0.5, 0.6) is 0 Å². The maximum atomic E-state index is 11.8. The van der Waals surface area contributed by atoms with E-state index in [1.807, 2.05) is 30.3 Å². The van der Waals surface area contributed by atoms with Gasteiger partial charge in [0.05, 0.1) is 5.39 Å². The molecule has 1 aromatic heterocycles. The molecule has 3 rings (SSSR count). The van der Waals surface area contributed by atoms with Crippen LogP contribution in [-0.4, -0.2) is 16.7 Å². The summed E-state index contributed by atoms with van der Waals surface area (Å²) in [6.45, 7) is 3.02. The molecular weight excluding hydrogens is 274 g/mol. The molecule has 0 bridgehead atoms. The average Bonchev–Trinajstić information content (AvgIpc) is 2.58. The molecule has 1 unspecified atom stereocenters. The lowest BCUT2D eigenvalue weighted by atomic mass is 9.98. The van der Waals surface area contributed by atoms with E-state index in [1.165, 1.54) is 5.56 Å². The Hall–Kier alpha value is -2.62. The molecule has 0 radical (unpaired) electrons. The third-order valence-electron chi connectivity index (χ3n) is 3.93. The van der Waals surface area contributed by atoms with E-state index < -0.39 is 0 Å². The van der Waals surface area contributed by atoms with Gasteiger partial charge in [0.25, 0.3) is 5.56 Å². The maximum absolute atomic E-state index is 11.8. The van der Waals surface area contributed by atoms with Gasteiger partial charge in [-0.05, 0) is 24.0 Å². The van der Waals surface area contributed by atoms with Gasteiger partial charge in [-0.2, -0.15) is 5.10 Å². The van der Waals surface area contributed by atoms with E-state index in [4.69, 9.17) is 0 Å². The Morgan fingerprint density at radius 3 is 2.50 bits per heavy atom. The fraction of sp³-hybridized carbons (Fsp3) is 0.222. The number of H-pyrrole nitrogens is 1. The van der Waals surface area contributed by atoms with Crippen molar-refractivity contribution >= 4 is 16.6 Å². The van der Waals surface area contributed by atoms with E-state index >= 15 is 0 Å². The number of aromatic amines is 1. The summed E-state index contributed by atoms with van der Waals surface area (Å²) in [6.07, 6.45) is 0.999. The summed E-state index contributed by atoms with van der Waals surface area (Å²) in [5, 5.41) is 11.5. The first-order valence-corrected chi connectivity index (χ1v) is 7.52. The lowest BCUT2D eigenvalue weighted by molar-refractivity contribution is 0.704. The molecular formula is C18H19N3O. The Labute approximate surface area is 129 Å². The lowest BCUT2D eigenvalue weighted by Gasteiger charge is -2.13. The molecule has 4 nitrogen and oxygen atoms in total. The lowest BCUT2D eigenvalue weighted by Crippen LogP contribution is -2.13. The normalized spacial score (nSPS) is 12.2. The monoisotopic (exact) mass is 293 g/mol. The molecule has 0 aliphatic rings. The first kappa shape index (κ1) is 14.3. The smallest absolute Gasteiger partial charge is 0.272 e. The van der Waals surface area contributed by atoms with E-state index in [1.54, 1.807) is 0 Å². The van der Waals surface area contributed by atoms with Crippen molar-refractivity contribution in [1.82, 2.24) is 10.2 Å². The number of benzene rings is 2. The number of hydrogen-bond donors (Lipinski definition) is 2. The summed E-state index contributed by atoms with van der Waals surface area (Å²) in [7, 11) is 0. The number of hydrogen-bond acceptors (Lipinski definition) is 3. The standard InChI is InChI=1S/C18H19N3O/c1-13(14-7-3-2-4-8-14)11-12-19-17-15-9-5-6-10-16(15)18(22)21-20-17/h2-10,13H,11-12H2,1H3,(H,19,20)(H,21,22). The molecule has 0 aliphatic carbocycles. The summed E-state index contributed by atoms with van der Waals surface area (Å²) in [6, 6.07) is 18.0. The minimum Gasteiger partial charge on any atom is -0.368 e. The number of rotatable bonds is 5. The Kier molecular flexibility index (Phi) is 4.19. The van der Waals surface area contributed by atoms with Gasteiger partial charge in [-0.1, -0.05) is 55.5 Å². The molecule has 0 spiro atoms. The van der Waals surface area contributed by atoms with Gasteiger partial charge in [0.15, 0.2) is 5.82 Å². The number of anilines is 1. The zero-order valence-electron chi connectivity index (χ0n) is 12.5. The molecule has 3 aromatic rings. The second kappa shape index (κ2) is 6.43. The number of fused-ring (bicyclic) bond motifs is 1. The van der Waals surface area contributed by atoms with Gasteiger partial charge in [-0.25, -0.2) is 5.10 Å². The third-order valence-corrected chi connectivity index (χ3v) is 3.93. The Balaban J connectivity index is 1.70. The summed E-state index contributed by atoms with van der Waals surface area (Å²) in [5.74, 6) is 1.21. The van der Waals surface area contributed by atoms with Crippen molar-refractivity contribution in [3.8, 4) is 0 Å². The van der Waals surface area contributed by atoms with Crippen molar-refractivity contribution in [2.24, 2.45) is 0 Å². The second-order valence-corrected chi connectivity index (χ2v) is 5.47. The predicted molar refractivity (Wildman–Crippen MR) is 90.3 cm³/mol. The van der Waals surface area contributed by atoms with Gasteiger partial charge in [0.2, 0.25) is 0 Å². The van der Waals surface area contributed by atoms with Crippen LogP contribution in [0.15, 0.2) is 59.4 Å². The Bertz CT molecular complexity index is 811. The van der Waals surface area contributed by atoms with Crippen LogP contribution < -0.4 is 10.9 Å². The van der Waals surface area contributed by atoms with Gasteiger partial charge in [-0.3, -0.25) is 4.79 Å². The summed E-state index contributed by atoms with van der Waals surface area (Å²) < 4.78 is 0. The van der Waals surface area contributed by atoms with Gasteiger partial charge in [-0.15, -0.1) is 0 Å². The number of aromatic nitrogens is 2. The van der Waals surface area contributed by atoms with E-state index in [9.17, 15) is 4.79 Å². The molecule has 2 N–H and O–H groups in total. The van der Waals surface area contributed by atoms with Crippen LogP contribution in [0.25, 0.3) is 10.8 Å². The van der Waals surface area contributed by atoms with E-state index in [-0.39, 0.29) is 5.56 Å². The van der Waals surface area contributed by atoms with Crippen molar-refractivity contribution in [1.29, 1.82) is 0 Å². The average molecular weight is 293 g/mol. The van der Waals surface area contributed by atoms with E-state index in [2.05, 4.69) is 46.7 Å². The quantitative estimate of drug-likeness (QED) is 0.756. The van der Waals surface area contributed by atoms with Crippen LogP contribution >= 0.6 is 0 Å². The topological polar surface area (TPSA) is 57.8 Å². The van der Waals surface area contributed by atoms with Crippen molar-refractivity contribution < 1.29 is 0 Å². The van der Waals surface area contributed by atoms with Crippen LogP contribution in [0, 0.1) is 0 Å².